The number of hydrogen-bond acceptors (Lipinski definition) is 8. The molecule has 2 N–H and O–H groups in total. The minimum Gasteiger partial charge on any atom is -0.476 e. The number of carbonyl (C=O) groups excluding carboxylic acids is 3. The molecular weight excluding hydrogens is 496 g/mol. The van der Waals surface area contributed by atoms with E-state index in [2.05, 4.69) is 10.3 Å². The van der Waals surface area contributed by atoms with Crippen molar-refractivity contribution in [1.82, 2.24) is 20.1 Å². The molecule has 0 aromatic carbocycles. The Balaban J connectivity index is 2.27. The molecule has 5 atom stereocenters. The van der Waals surface area contributed by atoms with Gasteiger partial charge in [0.2, 0.25) is 11.8 Å². The van der Waals surface area contributed by atoms with Gasteiger partial charge in [0.1, 0.15) is 11.0 Å². The number of piperidine rings is 1. The number of likely N-dealkylation sites (tertiary alicyclic amines) is 1. The lowest BCUT2D eigenvalue weighted by atomic mass is 9.92. The van der Waals surface area contributed by atoms with Gasteiger partial charge in [0.15, 0.2) is 11.8 Å². The average Bonchev–Trinajstić information content (AvgIpc) is 3.34. The SMILES string of the molecule is CC[C@H](C)[C@@H](NC(=O)[C@H]1CCCCN1C)C(=O)N(C)[C@H](C[C@@H](OC(C)=O)c1nc(C(=O)O)cs1)C(C)C. The van der Waals surface area contributed by atoms with Crippen LogP contribution in [0.5, 0.6) is 0 Å². The molecule has 1 aromatic rings. The number of aromatic carboxylic acids is 1. The zero-order chi connectivity index (χ0) is 27.9. The summed E-state index contributed by atoms with van der Waals surface area (Å²) in [6, 6.07) is -1.29. The maximum atomic E-state index is 13.8. The highest BCUT2D eigenvalue weighted by atomic mass is 32.1. The summed E-state index contributed by atoms with van der Waals surface area (Å²) in [5.41, 5.74) is -0.116. The van der Waals surface area contributed by atoms with Crippen molar-refractivity contribution in [2.75, 3.05) is 20.6 Å². The second-order valence-electron chi connectivity index (χ2n) is 10.3. The Morgan fingerprint density at radius 2 is 1.95 bits per heavy atom. The summed E-state index contributed by atoms with van der Waals surface area (Å²) in [5, 5.41) is 14.1. The first-order chi connectivity index (χ1) is 17.4. The third kappa shape index (κ3) is 8.23. The summed E-state index contributed by atoms with van der Waals surface area (Å²) in [7, 11) is 3.64. The van der Waals surface area contributed by atoms with Gasteiger partial charge in [-0.15, -0.1) is 11.3 Å². The summed E-state index contributed by atoms with van der Waals surface area (Å²) in [5.74, 6) is -2.10. The number of likely N-dealkylation sites (N-methyl/N-ethyl adjacent to an activating group) is 2. The maximum absolute atomic E-state index is 13.8. The molecule has 1 aromatic heterocycles. The van der Waals surface area contributed by atoms with Crippen molar-refractivity contribution in [2.45, 2.75) is 91.0 Å². The van der Waals surface area contributed by atoms with Crippen LogP contribution in [0.3, 0.4) is 0 Å². The van der Waals surface area contributed by atoms with E-state index in [0.29, 0.717) is 11.4 Å². The van der Waals surface area contributed by atoms with Gasteiger partial charge in [-0.1, -0.05) is 40.5 Å². The molecule has 10 nitrogen and oxygen atoms in total. The second kappa shape index (κ2) is 13.9. The van der Waals surface area contributed by atoms with Gasteiger partial charge >= 0.3 is 11.9 Å². The van der Waals surface area contributed by atoms with Crippen molar-refractivity contribution in [3.63, 3.8) is 0 Å². The summed E-state index contributed by atoms with van der Waals surface area (Å²) >= 11 is 1.11. The summed E-state index contributed by atoms with van der Waals surface area (Å²) in [4.78, 5) is 58.0. The predicted molar refractivity (Wildman–Crippen MR) is 141 cm³/mol. The molecule has 0 saturated carbocycles. The number of esters is 1. The molecule has 0 radical (unpaired) electrons. The third-order valence-corrected chi connectivity index (χ3v) is 8.18. The number of carboxylic acid groups (broad SMARTS) is 1. The molecule has 0 aliphatic carbocycles. The fraction of sp³-hybridized carbons (Fsp3) is 0.731. The van der Waals surface area contributed by atoms with E-state index >= 15 is 0 Å². The fourth-order valence-corrected chi connectivity index (χ4v) is 5.59. The van der Waals surface area contributed by atoms with E-state index < -0.39 is 24.1 Å². The molecule has 2 amide bonds. The highest BCUT2D eigenvalue weighted by molar-refractivity contribution is 7.09. The van der Waals surface area contributed by atoms with E-state index in [0.717, 1.165) is 37.1 Å². The molecule has 0 unspecified atom stereocenters. The zero-order valence-electron chi connectivity index (χ0n) is 23.0. The van der Waals surface area contributed by atoms with Crippen LogP contribution in [0.15, 0.2) is 5.38 Å². The minimum absolute atomic E-state index is 0.0105. The van der Waals surface area contributed by atoms with Gasteiger partial charge in [0.05, 0.1) is 6.04 Å². The van der Waals surface area contributed by atoms with Crippen molar-refractivity contribution in [1.29, 1.82) is 0 Å². The van der Waals surface area contributed by atoms with Crippen molar-refractivity contribution < 1.29 is 29.0 Å². The van der Waals surface area contributed by atoms with Crippen LogP contribution in [-0.2, 0) is 19.1 Å². The van der Waals surface area contributed by atoms with Crippen molar-refractivity contribution in [3.8, 4) is 0 Å². The Morgan fingerprint density at radius 1 is 1.27 bits per heavy atom. The lowest BCUT2D eigenvalue weighted by Gasteiger charge is -2.38. The molecule has 37 heavy (non-hydrogen) atoms. The summed E-state index contributed by atoms with van der Waals surface area (Å²) in [6.45, 7) is 10.0. The van der Waals surface area contributed by atoms with E-state index in [1.165, 1.54) is 12.3 Å². The van der Waals surface area contributed by atoms with Crippen LogP contribution in [0.25, 0.3) is 0 Å². The smallest absolute Gasteiger partial charge is 0.355 e. The highest BCUT2D eigenvalue weighted by Crippen LogP contribution is 2.31. The molecule has 1 aliphatic heterocycles. The molecule has 0 bridgehead atoms. The van der Waals surface area contributed by atoms with E-state index in [4.69, 9.17) is 4.74 Å². The Kier molecular flexibility index (Phi) is 11.5. The lowest BCUT2D eigenvalue weighted by Crippen LogP contribution is -2.58. The lowest BCUT2D eigenvalue weighted by molar-refractivity contribution is -0.149. The van der Waals surface area contributed by atoms with Crippen molar-refractivity contribution in [2.24, 2.45) is 11.8 Å². The summed E-state index contributed by atoms with van der Waals surface area (Å²) < 4.78 is 5.53. The second-order valence-corrected chi connectivity index (χ2v) is 11.2. The summed E-state index contributed by atoms with van der Waals surface area (Å²) in [6.07, 6.45) is 2.97. The van der Waals surface area contributed by atoms with Crippen molar-refractivity contribution in [3.05, 3.63) is 16.1 Å². The molecule has 1 fully saturated rings. The highest BCUT2D eigenvalue weighted by Gasteiger charge is 2.37. The molecular formula is C26H42N4O6S. The van der Waals surface area contributed by atoms with Crippen LogP contribution in [0.1, 0.15) is 88.3 Å². The monoisotopic (exact) mass is 538 g/mol. The number of carboxylic acids is 1. The number of hydrogen-bond donors (Lipinski definition) is 2. The van der Waals surface area contributed by atoms with Crippen LogP contribution in [0, 0.1) is 11.8 Å². The largest absolute Gasteiger partial charge is 0.476 e. The van der Waals surface area contributed by atoms with Crippen LogP contribution < -0.4 is 5.32 Å². The first-order valence-corrected chi connectivity index (χ1v) is 13.9. The molecule has 208 valence electrons. The number of amides is 2. The topological polar surface area (TPSA) is 129 Å². The van der Waals surface area contributed by atoms with Crippen LogP contribution in [0.4, 0.5) is 0 Å². The number of nitrogens with one attached hydrogen (secondary N) is 1. The van der Waals surface area contributed by atoms with Crippen LogP contribution in [0.2, 0.25) is 0 Å². The van der Waals surface area contributed by atoms with Gasteiger partial charge in [0, 0.05) is 31.8 Å². The van der Waals surface area contributed by atoms with E-state index in [-0.39, 0.29) is 47.8 Å². The number of nitrogens with zero attached hydrogens (tertiary/aromatic N) is 3. The Morgan fingerprint density at radius 3 is 2.46 bits per heavy atom. The molecule has 1 saturated heterocycles. The third-order valence-electron chi connectivity index (χ3n) is 7.24. The van der Waals surface area contributed by atoms with E-state index in [9.17, 15) is 24.3 Å². The van der Waals surface area contributed by atoms with Gasteiger partial charge in [0.25, 0.3) is 0 Å². The Bertz CT molecular complexity index is 951. The van der Waals surface area contributed by atoms with Gasteiger partial charge in [-0.3, -0.25) is 19.3 Å². The van der Waals surface area contributed by atoms with Crippen LogP contribution in [-0.4, -0.2) is 82.4 Å². The maximum Gasteiger partial charge on any atom is 0.355 e. The fourth-order valence-electron chi connectivity index (χ4n) is 4.75. The zero-order valence-corrected chi connectivity index (χ0v) is 23.8. The van der Waals surface area contributed by atoms with E-state index in [1.807, 2.05) is 39.6 Å². The molecule has 0 spiro atoms. The molecule has 11 heteroatoms. The average molecular weight is 539 g/mol. The van der Waals surface area contributed by atoms with E-state index in [1.54, 1.807) is 11.9 Å². The number of rotatable bonds is 12. The number of aromatic nitrogens is 1. The predicted octanol–water partition coefficient (Wildman–Crippen LogP) is 3.33. The normalized spacial score (nSPS) is 19.5. The molecule has 2 heterocycles. The van der Waals surface area contributed by atoms with Crippen LogP contribution >= 0.6 is 11.3 Å². The van der Waals surface area contributed by atoms with Gasteiger partial charge < -0.3 is 20.1 Å². The van der Waals surface area contributed by atoms with Gasteiger partial charge in [-0.25, -0.2) is 9.78 Å². The first kappa shape index (κ1) is 30.7. The van der Waals surface area contributed by atoms with Crippen molar-refractivity contribution >= 4 is 35.1 Å². The minimum atomic E-state index is -1.16. The Hall–Kier alpha value is -2.53. The molecule has 1 aliphatic rings. The quantitative estimate of drug-likeness (QED) is 0.388. The number of carbonyl (C=O) groups is 4. The van der Waals surface area contributed by atoms with Gasteiger partial charge in [-0.05, 0) is 38.3 Å². The standard InChI is InChI=1S/C26H42N4O6S/c1-8-16(4)22(28-23(32)19-11-9-10-12-29(19)6)25(33)30(7)20(15(2)3)13-21(36-17(5)31)24-27-18(14-37-24)26(34)35/h14-16,19-22H,8-13H2,1-7H3,(H,28,32)(H,34,35)/t16-,19+,20+,21+,22+/m0/s1. The number of thiazole rings is 1. The molecule has 2 rings (SSSR count). The first-order valence-electron chi connectivity index (χ1n) is 13.0. The van der Waals surface area contributed by atoms with Gasteiger partial charge in [-0.2, -0.15) is 0 Å². The number of ether oxygens (including phenoxy) is 1. The Labute approximate surface area is 223 Å².